The fourth-order valence-electron chi connectivity index (χ4n) is 2.56. The number of nitrogens with zero attached hydrogens (tertiary/aromatic N) is 2. The standard InChI is InChI=1S/C23H28N2O4/c1-3-5-17-28-21(26)13-11-19-9-7-10-20(23(19)25-16-8-15-24-25)12-14-22(27)29-18-6-4-2/h7-16H,3-6,17-18H2,1-2H3/b13-11+,14-12+. The normalized spacial score (nSPS) is 11.2. The van der Waals surface area contributed by atoms with E-state index in [0.717, 1.165) is 42.5 Å². The number of aromatic nitrogens is 2. The highest BCUT2D eigenvalue weighted by Crippen LogP contribution is 2.22. The second kappa shape index (κ2) is 12.3. The van der Waals surface area contributed by atoms with Gasteiger partial charge in [0.1, 0.15) is 0 Å². The van der Waals surface area contributed by atoms with Gasteiger partial charge < -0.3 is 9.47 Å². The summed E-state index contributed by atoms with van der Waals surface area (Å²) in [4.78, 5) is 23.8. The van der Waals surface area contributed by atoms with Crippen molar-refractivity contribution < 1.29 is 19.1 Å². The third-order valence-electron chi connectivity index (χ3n) is 4.11. The molecule has 6 nitrogen and oxygen atoms in total. The van der Waals surface area contributed by atoms with E-state index < -0.39 is 0 Å². The van der Waals surface area contributed by atoms with Crippen LogP contribution in [-0.4, -0.2) is 34.9 Å². The van der Waals surface area contributed by atoms with Crippen LogP contribution in [0.3, 0.4) is 0 Å². The number of carbonyl (C=O) groups is 2. The van der Waals surface area contributed by atoms with Crippen LogP contribution < -0.4 is 0 Å². The molecule has 0 aliphatic heterocycles. The lowest BCUT2D eigenvalue weighted by atomic mass is 10.1. The largest absolute Gasteiger partial charge is 0.463 e. The highest BCUT2D eigenvalue weighted by molar-refractivity contribution is 5.90. The highest BCUT2D eigenvalue weighted by Gasteiger charge is 2.09. The smallest absolute Gasteiger partial charge is 0.330 e. The lowest BCUT2D eigenvalue weighted by molar-refractivity contribution is -0.138. The molecule has 0 saturated heterocycles. The van der Waals surface area contributed by atoms with Gasteiger partial charge in [0.25, 0.3) is 0 Å². The molecule has 0 N–H and O–H groups in total. The van der Waals surface area contributed by atoms with Crippen molar-refractivity contribution in [2.75, 3.05) is 13.2 Å². The Kier molecular flexibility index (Phi) is 9.42. The van der Waals surface area contributed by atoms with Crippen molar-refractivity contribution in [3.63, 3.8) is 0 Å². The minimum atomic E-state index is -0.384. The quantitative estimate of drug-likeness (QED) is 0.316. The summed E-state index contributed by atoms with van der Waals surface area (Å²) in [7, 11) is 0. The number of esters is 2. The van der Waals surface area contributed by atoms with Gasteiger partial charge in [-0.05, 0) is 31.1 Å². The van der Waals surface area contributed by atoms with E-state index in [9.17, 15) is 9.59 Å². The molecule has 0 unspecified atom stereocenters. The predicted octanol–water partition coefficient (Wildman–Crippen LogP) is 4.59. The molecule has 2 rings (SSSR count). The van der Waals surface area contributed by atoms with Crippen LogP contribution >= 0.6 is 0 Å². The van der Waals surface area contributed by atoms with E-state index >= 15 is 0 Å². The number of hydrogen-bond acceptors (Lipinski definition) is 5. The number of rotatable bonds is 11. The Labute approximate surface area is 171 Å². The molecule has 0 amide bonds. The summed E-state index contributed by atoms with van der Waals surface area (Å²) in [6, 6.07) is 7.43. The van der Waals surface area contributed by atoms with Gasteiger partial charge in [-0.15, -0.1) is 0 Å². The molecule has 1 heterocycles. The SMILES string of the molecule is CCCCOC(=O)/C=C/c1cccc(/C=C/C(=O)OCCCC)c1-n1cccn1. The molecular weight excluding hydrogens is 368 g/mol. The van der Waals surface area contributed by atoms with Crippen LogP contribution in [0.15, 0.2) is 48.8 Å². The van der Waals surface area contributed by atoms with Gasteiger partial charge in [0.2, 0.25) is 0 Å². The Morgan fingerprint density at radius 3 is 1.93 bits per heavy atom. The topological polar surface area (TPSA) is 70.4 Å². The zero-order chi connectivity index (χ0) is 20.9. The Bertz CT molecular complexity index is 788. The Morgan fingerprint density at radius 2 is 1.48 bits per heavy atom. The van der Waals surface area contributed by atoms with E-state index in [1.54, 1.807) is 23.0 Å². The summed E-state index contributed by atoms with van der Waals surface area (Å²) in [5.41, 5.74) is 2.32. The summed E-state index contributed by atoms with van der Waals surface area (Å²) in [6.45, 7) is 4.90. The third-order valence-corrected chi connectivity index (χ3v) is 4.11. The van der Waals surface area contributed by atoms with Gasteiger partial charge >= 0.3 is 11.9 Å². The number of benzene rings is 1. The Hall–Kier alpha value is -3.15. The van der Waals surface area contributed by atoms with Crippen LogP contribution in [0.5, 0.6) is 0 Å². The highest BCUT2D eigenvalue weighted by atomic mass is 16.5. The number of hydrogen-bond donors (Lipinski definition) is 0. The third kappa shape index (κ3) is 7.41. The van der Waals surface area contributed by atoms with Crippen LogP contribution in [0.4, 0.5) is 0 Å². The summed E-state index contributed by atoms with van der Waals surface area (Å²) >= 11 is 0. The first-order chi connectivity index (χ1) is 14.2. The van der Waals surface area contributed by atoms with Crippen molar-refractivity contribution in [2.45, 2.75) is 39.5 Å². The van der Waals surface area contributed by atoms with Gasteiger partial charge in [0, 0.05) is 35.7 Å². The van der Waals surface area contributed by atoms with Gasteiger partial charge in [0.15, 0.2) is 0 Å². The molecule has 1 aromatic carbocycles. The minimum Gasteiger partial charge on any atom is -0.463 e. The molecule has 0 spiro atoms. The molecule has 1 aromatic heterocycles. The molecular formula is C23H28N2O4. The summed E-state index contributed by atoms with van der Waals surface area (Å²) in [6.07, 6.45) is 13.3. The first-order valence-corrected chi connectivity index (χ1v) is 9.98. The number of carbonyl (C=O) groups excluding carboxylic acids is 2. The van der Waals surface area contributed by atoms with Crippen LogP contribution in [-0.2, 0) is 19.1 Å². The first kappa shape index (κ1) is 22.1. The van der Waals surface area contributed by atoms with Crippen LogP contribution in [0.25, 0.3) is 17.8 Å². The molecule has 154 valence electrons. The van der Waals surface area contributed by atoms with Crippen LogP contribution in [0.1, 0.15) is 50.7 Å². The van der Waals surface area contributed by atoms with Crippen molar-refractivity contribution in [1.82, 2.24) is 9.78 Å². The zero-order valence-corrected chi connectivity index (χ0v) is 17.0. The molecule has 6 heteroatoms. The predicted molar refractivity (Wildman–Crippen MR) is 113 cm³/mol. The lowest BCUT2D eigenvalue weighted by Crippen LogP contribution is -2.04. The summed E-state index contributed by atoms with van der Waals surface area (Å²) in [5, 5.41) is 4.30. The molecule has 0 saturated carbocycles. The average molecular weight is 396 g/mol. The lowest BCUT2D eigenvalue weighted by Gasteiger charge is -2.10. The molecule has 0 aliphatic carbocycles. The Morgan fingerprint density at radius 1 is 0.931 bits per heavy atom. The maximum atomic E-state index is 11.9. The zero-order valence-electron chi connectivity index (χ0n) is 17.0. The fraction of sp³-hybridized carbons (Fsp3) is 0.348. The van der Waals surface area contributed by atoms with E-state index in [-0.39, 0.29) is 11.9 Å². The molecule has 0 atom stereocenters. The molecule has 0 fully saturated rings. The van der Waals surface area contributed by atoms with Crippen molar-refractivity contribution >= 4 is 24.1 Å². The van der Waals surface area contributed by atoms with Crippen molar-refractivity contribution in [2.24, 2.45) is 0 Å². The van der Waals surface area contributed by atoms with Crippen molar-refractivity contribution in [1.29, 1.82) is 0 Å². The summed E-state index contributed by atoms with van der Waals surface area (Å²) in [5.74, 6) is -0.768. The van der Waals surface area contributed by atoms with Gasteiger partial charge in [-0.2, -0.15) is 5.10 Å². The molecule has 0 radical (unpaired) electrons. The summed E-state index contributed by atoms with van der Waals surface area (Å²) < 4.78 is 12.0. The molecule has 29 heavy (non-hydrogen) atoms. The van der Waals surface area contributed by atoms with Gasteiger partial charge in [-0.3, -0.25) is 0 Å². The maximum Gasteiger partial charge on any atom is 0.330 e. The second-order valence-corrected chi connectivity index (χ2v) is 6.44. The molecule has 0 bridgehead atoms. The number of unbranched alkanes of at least 4 members (excludes halogenated alkanes) is 2. The molecule has 0 aliphatic rings. The monoisotopic (exact) mass is 396 g/mol. The van der Waals surface area contributed by atoms with Gasteiger partial charge in [0.05, 0.1) is 18.9 Å². The second-order valence-electron chi connectivity index (χ2n) is 6.44. The van der Waals surface area contributed by atoms with Gasteiger partial charge in [-0.1, -0.05) is 44.9 Å². The van der Waals surface area contributed by atoms with Gasteiger partial charge in [-0.25, -0.2) is 14.3 Å². The minimum absolute atomic E-state index is 0.384. The van der Waals surface area contributed by atoms with E-state index in [2.05, 4.69) is 5.10 Å². The fourth-order valence-corrected chi connectivity index (χ4v) is 2.56. The average Bonchev–Trinajstić information content (AvgIpc) is 3.25. The van der Waals surface area contributed by atoms with Crippen molar-refractivity contribution in [3.8, 4) is 5.69 Å². The van der Waals surface area contributed by atoms with E-state index in [4.69, 9.17) is 9.47 Å². The van der Waals surface area contributed by atoms with Crippen LogP contribution in [0, 0.1) is 0 Å². The first-order valence-electron chi connectivity index (χ1n) is 9.98. The van der Waals surface area contributed by atoms with E-state index in [0.29, 0.717) is 13.2 Å². The number of para-hydroxylation sites is 1. The maximum absolute atomic E-state index is 11.9. The van der Waals surface area contributed by atoms with E-state index in [1.807, 2.05) is 44.3 Å². The van der Waals surface area contributed by atoms with E-state index in [1.165, 1.54) is 12.2 Å². The molecule has 2 aromatic rings. The van der Waals surface area contributed by atoms with Crippen molar-refractivity contribution in [3.05, 3.63) is 59.9 Å². The number of ether oxygens (including phenoxy) is 2. The Balaban J connectivity index is 2.23. The van der Waals surface area contributed by atoms with Crippen LogP contribution in [0.2, 0.25) is 0 Å².